The molecular weight excluding hydrogens is 588 g/mol. The number of hydrogen-bond acceptors (Lipinski definition) is 10. The van der Waals surface area contributed by atoms with Gasteiger partial charge in [0, 0.05) is 11.1 Å². The minimum atomic E-state index is -1.06. The van der Waals surface area contributed by atoms with Gasteiger partial charge in [0.2, 0.25) is 0 Å². The summed E-state index contributed by atoms with van der Waals surface area (Å²) < 4.78 is 20.1. The number of aliphatic carboxylic acids is 2. The Balaban J connectivity index is 0.000000427. The molecule has 3 aliphatic carbocycles. The number of hydrogen-bond donors (Lipinski definition) is 2. The van der Waals surface area contributed by atoms with Crippen molar-refractivity contribution in [2.45, 2.75) is 86.5 Å². The molecule has 0 saturated heterocycles. The van der Waals surface area contributed by atoms with Crippen molar-refractivity contribution in [2.24, 2.45) is 35.5 Å². The van der Waals surface area contributed by atoms with Crippen LogP contribution in [0.4, 0.5) is 0 Å². The van der Waals surface area contributed by atoms with E-state index in [-0.39, 0.29) is 73.2 Å². The number of rotatable bonds is 14. The maximum absolute atomic E-state index is 12.1. The lowest BCUT2D eigenvalue weighted by Crippen LogP contribution is -2.34. The monoisotopic (exact) mass is 638 g/mol. The zero-order chi connectivity index (χ0) is 34.1. The molecule has 1 saturated carbocycles. The third-order valence-corrected chi connectivity index (χ3v) is 8.15. The molecule has 0 radical (unpaired) electrons. The van der Waals surface area contributed by atoms with Crippen molar-refractivity contribution < 1.29 is 57.9 Å². The van der Waals surface area contributed by atoms with Crippen LogP contribution < -0.4 is 0 Å². The van der Waals surface area contributed by atoms with Gasteiger partial charge in [-0.3, -0.25) is 19.2 Å². The van der Waals surface area contributed by atoms with Crippen LogP contribution >= 0.6 is 0 Å². The molecule has 3 aliphatic rings. The molecule has 6 unspecified atom stereocenters. The molecule has 6 atom stereocenters. The van der Waals surface area contributed by atoms with Gasteiger partial charge in [0.1, 0.15) is 26.4 Å². The topological polar surface area (TPSA) is 180 Å². The van der Waals surface area contributed by atoms with E-state index >= 15 is 0 Å². The second-order valence-electron chi connectivity index (χ2n) is 11.1. The van der Waals surface area contributed by atoms with E-state index in [9.17, 15) is 33.9 Å². The molecule has 3 rings (SSSR count). The van der Waals surface area contributed by atoms with Crippen LogP contribution in [0.2, 0.25) is 0 Å². The number of carbonyl (C=O) groups excluding carboxylic acids is 4. The van der Waals surface area contributed by atoms with Gasteiger partial charge in [0.05, 0.1) is 23.7 Å². The number of carboxylic acid groups (broad SMARTS) is 2. The quantitative estimate of drug-likeness (QED) is 0.116. The Morgan fingerprint density at radius 1 is 0.711 bits per heavy atom. The van der Waals surface area contributed by atoms with E-state index < -0.39 is 35.7 Å². The fourth-order valence-corrected chi connectivity index (χ4v) is 5.21. The van der Waals surface area contributed by atoms with Gasteiger partial charge in [-0.1, -0.05) is 53.7 Å². The predicted octanol–water partition coefficient (Wildman–Crippen LogP) is 4.74. The van der Waals surface area contributed by atoms with Gasteiger partial charge >= 0.3 is 35.8 Å². The summed E-state index contributed by atoms with van der Waals surface area (Å²) in [6.07, 6.45) is 8.22. The third-order valence-electron chi connectivity index (χ3n) is 8.15. The molecule has 45 heavy (non-hydrogen) atoms. The number of carboxylic acids is 2. The van der Waals surface area contributed by atoms with Crippen LogP contribution in [-0.2, 0) is 47.7 Å². The lowest BCUT2D eigenvalue weighted by molar-refractivity contribution is -0.162. The SMILES string of the molecule is CC.CCC(C)C(=O)OCCOC(=O)C1=C(C(=O)O)CCCC1.CCC(C)C(=O)OCCOC(=O)C1C2C=CC(C2)C1C(=O)O. The summed E-state index contributed by atoms with van der Waals surface area (Å²) in [6, 6.07) is 0. The molecule has 2 N–H and O–H groups in total. The van der Waals surface area contributed by atoms with E-state index in [2.05, 4.69) is 0 Å². The first-order valence-electron chi connectivity index (χ1n) is 16.0. The summed E-state index contributed by atoms with van der Waals surface area (Å²) in [6.45, 7) is 11.2. The lowest BCUT2D eigenvalue weighted by atomic mass is 9.83. The van der Waals surface area contributed by atoms with Crippen molar-refractivity contribution >= 4 is 35.8 Å². The van der Waals surface area contributed by atoms with E-state index in [1.54, 1.807) is 13.8 Å². The summed E-state index contributed by atoms with van der Waals surface area (Å²) in [4.78, 5) is 69.3. The van der Waals surface area contributed by atoms with Crippen LogP contribution in [0.1, 0.15) is 86.5 Å². The molecule has 254 valence electrons. The van der Waals surface area contributed by atoms with E-state index in [1.165, 1.54) is 0 Å². The highest BCUT2D eigenvalue weighted by atomic mass is 16.6. The fraction of sp³-hybridized carbons (Fsp3) is 0.697. The molecule has 0 heterocycles. The normalized spacial score (nSPS) is 22.4. The summed E-state index contributed by atoms with van der Waals surface area (Å²) in [5.74, 6) is -5.61. The minimum absolute atomic E-state index is 0.00328. The first-order chi connectivity index (χ1) is 21.4. The van der Waals surface area contributed by atoms with Crippen LogP contribution in [0.25, 0.3) is 0 Å². The summed E-state index contributed by atoms with van der Waals surface area (Å²) in [5.41, 5.74) is 0.379. The number of fused-ring (bicyclic) bond motifs is 2. The minimum Gasteiger partial charge on any atom is -0.481 e. The Labute approximate surface area is 265 Å². The Hall–Kier alpha value is -3.70. The first-order valence-corrected chi connectivity index (χ1v) is 16.0. The molecule has 0 amide bonds. The second-order valence-corrected chi connectivity index (χ2v) is 11.1. The van der Waals surface area contributed by atoms with Gasteiger partial charge in [-0.15, -0.1) is 0 Å². The van der Waals surface area contributed by atoms with Crippen molar-refractivity contribution in [1.82, 2.24) is 0 Å². The van der Waals surface area contributed by atoms with E-state index in [0.29, 0.717) is 32.1 Å². The van der Waals surface area contributed by atoms with E-state index in [4.69, 9.17) is 24.1 Å². The number of esters is 4. The van der Waals surface area contributed by atoms with Crippen LogP contribution in [-0.4, -0.2) is 72.5 Å². The highest BCUT2D eigenvalue weighted by Crippen LogP contribution is 2.48. The van der Waals surface area contributed by atoms with Gasteiger partial charge in [-0.05, 0) is 56.8 Å². The van der Waals surface area contributed by atoms with Gasteiger partial charge in [-0.25, -0.2) is 9.59 Å². The van der Waals surface area contributed by atoms with Crippen molar-refractivity contribution in [3.63, 3.8) is 0 Å². The zero-order valence-electron chi connectivity index (χ0n) is 27.4. The maximum atomic E-state index is 12.1. The molecule has 1 fully saturated rings. The zero-order valence-corrected chi connectivity index (χ0v) is 27.4. The van der Waals surface area contributed by atoms with Crippen LogP contribution in [0.5, 0.6) is 0 Å². The average Bonchev–Trinajstić information content (AvgIpc) is 3.67. The molecule has 0 aromatic rings. The maximum Gasteiger partial charge on any atom is 0.334 e. The van der Waals surface area contributed by atoms with Crippen molar-refractivity contribution in [1.29, 1.82) is 0 Å². The van der Waals surface area contributed by atoms with Gasteiger partial charge in [0.25, 0.3) is 0 Å². The Bertz CT molecular complexity index is 1090. The van der Waals surface area contributed by atoms with Crippen LogP contribution in [0.3, 0.4) is 0 Å². The molecule has 12 nitrogen and oxygen atoms in total. The molecule has 0 spiro atoms. The van der Waals surface area contributed by atoms with E-state index in [0.717, 1.165) is 12.8 Å². The third kappa shape index (κ3) is 12.0. The Morgan fingerprint density at radius 2 is 1.16 bits per heavy atom. The van der Waals surface area contributed by atoms with Gasteiger partial charge in [0.15, 0.2) is 0 Å². The molecule has 12 heteroatoms. The summed E-state index contributed by atoms with van der Waals surface area (Å²) in [5, 5.41) is 18.3. The summed E-state index contributed by atoms with van der Waals surface area (Å²) >= 11 is 0. The Kier molecular flexibility index (Phi) is 17.8. The molecular formula is C33H50O12. The number of carbonyl (C=O) groups is 6. The highest BCUT2D eigenvalue weighted by Gasteiger charge is 2.52. The smallest absolute Gasteiger partial charge is 0.334 e. The van der Waals surface area contributed by atoms with Crippen LogP contribution in [0, 0.1) is 35.5 Å². The molecule has 0 aromatic carbocycles. The second kappa shape index (κ2) is 20.4. The predicted molar refractivity (Wildman–Crippen MR) is 163 cm³/mol. The Morgan fingerprint density at radius 3 is 1.62 bits per heavy atom. The van der Waals surface area contributed by atoms with Gasteiger partial charge < -0.3 is 29.2 Å². The van der Waals surface area contributed by atoms with Gasteiger partial charge in [-0.2, -0.15) is 0 Å². The summed E-state index contributed by atoms with van der Waals surface area (Å²) in [7, 11) is 0. The van der Waals surface area contributed by atoms with Crippen molar-refractivity contribution in [2.75, 3.05) is 26.4 Å². The molecule has 2 bridgehead atoms. The van der Waals surface area contributed by atoms with Crippen LogP contribution in [0.15, 0.2) is 23.3 Å². The van der Waals surface area contributed by atoms with E-state index in [1.807, 2.05) is 39.8 Å². The number of ether oxygens (including phenoxy) is 4. The highest BCUT2D eigenvalue weighted by molar-refractivity contribution is 5.99. The standard InChI is InChI=1S/C16H22O6.C15H22O6.C2H6/c1-3-9(2)15(19)21-6-7-22-16(20)13-11-5-4-10(8-11)12(13)14(17)18;1-3-10(2)14(18)20-8-9-21-15(19)12-7-5-4-6-11(12)13(16)17;1-2/h4-5,9-13H,3,6-8H2,1-2H3,(H,17,18);10H,3-9H2,1-2H3,(H,16,17);1-2H3. The average molecular weight is 639 g/mol. The van der Waals surface area contributed by atoms with Crippen molar-refractivity contribution in [3.05, 3.63) is 23.3 Å². The molecule has 0 aliphatic heterocycles. The molecule has 0 aromatic heterocycles. The lowest BCUT2D eigenvalue weighted by Gasteiger charge is -2.23. The fourth-order valence-electron chi connectivity index (χ4n) is 5.21. The largest absolute Gasteiger partial charge is 0.481 e. The number of allylic oxidation sites excluding steroid dienone is 2. The van der Waals surface area contributed by atoms with Crippen molar-refractivity contribution in [3.8, 4) is 0 Å². The first kappa shape index (κ1) is 39.3.